The van der Waals surface area contributed by atoms with Crippen molar-refractivity contribution in [2.45, 2.75) is 13.3 Å². The maximum atomic E-state index is 12.2. The number of carbonyl (C=O) groups excluding carboxylic acids is 1. The van der Waals surface area contributed by atoms with Crippen LogP contribution in [0.4, 0.5) is 11.4 Å². The Bertz CT molecular complexity index is 597. The van der Waals surface area contributed by atoms with Crippen molar-refractivity contribution in [3.63, 3.8) is 0 Å². The Morgan fingerprint density at radius 3 is 2.75 bits per heavy atom. The molecule has 0 spiro atoms. The zero-order chi connectivity index (χ0) is 14.4. The number of para-hydroxylation sites is 2. The van der Waals surface area contributed by atoms with Crippen LogP contribution in [0.5, 0.6) is 5.75 Å². The monoisotopic (exact) mass is 270 g/mol. The molecule has 0 saturated heterocycles. The minimum absolute atomic E-state index is 0.204. The predicted octanol–water partition coefficient (Wildman–Crippen LogP) is 3.31. The Labute approximate surface area is 118 Å². The third-order valence-corrected chi connectivity index (χ3v) is 2.78. The van der Waals surface area contributed by atoms with E-state index in [2.05, 4.69) is 5.32 Å². The Morgan fingerprint density at radius 1 is 1.20 bits per heavy atom. The van der Waals surface area contributed by atoms with Crippen LogP contribution in [0, 0.1) is 0 Å². The number of nitrogen functional groups attached to an aromatic ring is 1. The van der Waals surface area contributed by atoms with E-state index in [0.29, 0.717) is 29.3 Å². The third kappa shape index (κ3) is 3.51. The lowest BCUT2D eigenvalue weighted by Gasteiger charge is -2.09. The van der Waals surface area contributed by atoms with Crippen molar-refractivity contribution in [1.29, 1.82) is 0 Å². The largest absolute Gasteiger partial charge is 0.494 e. The highest BCUT2D eigenvalue weighted by atomic mass is 16.5. The number of rotatable bonds is 5. The second kappa shape index (κ2) is 6.61. The van der Waals surface area contributed by atoms with Crippen LogP contribution in [0.25, 0.3) is 0 Å². The molecule has 2 aromatic carbocycles. The fourth-order valence-corrected chi connectivity index (χ4v) is 1.75. The Morgan fingerprint density at radius 2 is 2.00 bits per heavy atom. The van der Waals surface area contributed by atoms with Crippen LogP contribution >= 0.6 is 0 Å². The van der Waals surface area contributed by atoms with Crippen molar-refractivity contribution in [2.75, 3.05) is 17.7 Å². The quantitative estimate of drug-likeness (QED) is 0.819. The van der Waals surface area contributed by atoms with Gasteiger partial charge in [0, 0.05) is 5.56 Å². The summed E-state index contributed by atoms with van der Waals surface area (Å²) in [6, 6.07) is 14.3. The first-order chi connectivity index (χ1) is 9.70. The highest BCUT2D eigenvalue weighted by Crippen LogP contribution is 2.19. The average Bonchev–Trinajstić information content (AvgIpc) is 2.48. The molecule has 4 nitrogen and oxygen atoms in total. The molecule has 104 valence electrons. The molecule has 0 aliphatic heterocycles. The number of amides is 1. The minimum atomic E-state index is -0.204. The van der Waals surface area contributed by atoms with Gasteiger partial charge in [0.1, 0.15) is 5.75 Å². The molecule has 0 radical (unpaired) electrons. The number of anilines is 2. The van der Waals surface area contributed by atoms with Crippen molar-refractivity contribution in [1.82, 2.24) is 0 Å². The van der Waals surface area contributed by atoms with Gasteiger partial charge in [-0.3, -0.25) is 4.79 Å². The molecule has 1 amide bonds. The fraction of sp³-hybridized carbons (Fsp3) is 0.188. The van der Waals surface area contributed by atoms with Crippen molar-refractivity contribution in [3.05, 3.63) is 54.1 Å². The van der Waals surface area contributed by atoms with Crippen LogP contribution in [0.2, 0.25) is 0 Å². The lowest BCUT2D eigenvalue weighted by molar-refractivity contribution is 0.102. The summed E-state index contributed by atoms with van der Waals surface area (Å²) in [4.78, 5) is 12.2. The van der Waals surface area contributed by atoms with E-state index in [1.54, 1.807) is 30.3 Å². The molecule has 0 aromatic heterocycles. The van der Waals surface area contributed by atoms with E-state index in [0.717, 1.165) is 6.42 Å². The summed E-state index contributed by atoms with van der Waals surface area (Å²) >= 11 is 0. The summed E-state index contributed by atoms with van der Waals surface area (Å²) in [6.07, 6.45) is 0.928. The number of hydrogen-bond donors (Lipinski definition) is 2. The van der Waals surface area contributed by atoms with E-state index in [1.165, 1.54) is 0 Å². The smallest absolute Gasteiger partial charge is 0.255 e. The maximum absolute atomic E-state index is 12.2. The predicted molar refractivity (Wildman–Crippen MR) is 81.0 cm³/mol. The molecule has 0 saturated carbocycles. The van der Waals surface area contributed by atoms with Gasteiger partial charge in [0.05, 0.1) is 18.0 Å². The first-order valence-electron chi connectivity index (χ1n) is 6.59. The molecule has 2 rings (SSSR count). The van der Waals surface area contributed by atoms with Gasteiger partial charge >= 0.3 is 0 Å². The standard InChI is InChI=1S/C16H18N2O2/c1-2-10-20-13-7-5-6-12(11-13)16(19)18-15-9-4-3-8-14(15)17/h3-9,11H,2,10,17H2,1H3,(H,18,19). The lowest BCUT2D eigenvalue weighted by Crippen LogP contribution is -2.13. The molecule has 0 aliphatic rings. The number of ether oxygens (including phenoxy) is 1. The van der Waals surface area contributed by atoms with Gasteiger partial charge < -0.3 is 15.8 Å². The Hall–Kier alpha value is -2.49. The van der Waals surface area contributed by atoms with E-state index in [9.17, 15) is 4.79 Å². The number of nitrogens with one attached hydrogen (secondary N) is 1. The summed E-state index contributed by atoms with van der Waals surface area (Å²) in [6.45, 7) is 2.67. The van der Waals surface area contributed by atoms with Crippen molar-refractivity contribution >= 4 is 17.3 Å². The Balaban J connectivity index is 2.11. The van der Waals surface area contributed by atoms with Gasteiger partial charge in [0.2, 0.25) is 0 Å². The van der Waals surface area contributed by atoms with Gasteiger partial charge in [-0.25, -0.2) is 0 Å². The molecule has 3 N–H and O–H groups in total. The second-order valence-electron chi connectivity index (χ2n) is 4.42. The molecule has 0 atom stereocenters. The number of carbonyl (C=O) groups is 1. The van der Waals surface area contributed by atoms with Gasteiger partial charge in [0.25, 0.3) is 5.91 Å². The highest BCUT2D eigenvalue weighted by Gasteiger charge is 2.08. The molecule has 4 heteroatoms. The van der Waals surface area contributed by atoms with E-state index in [4.69, 9.17) is 10.5 Å². The minimum Gasteiger partial charge on any atom is -0.494 e. The second-order valence-corrected chi connectivity index (χ2v) is 4.42. The number of hydrogen-bond acceptors (Lipinski definition) is 3. The Kier molecular flexibility index (Phi) is 4.60. The van der Waals surface area contributed by atoms with Crippen LogP contribution in [0.1, 0.15) is 23.7 Å². The zero-order valence-corrected chi connectivity index (χ0v) is 11.4. The summed E-state index contributed by atoms with van der Waals surface area (Å²) < 4.78 is 5.52. The zero-order valence-electron chi connectivity index (χ0n) is 11.4. The molecule has 0 heterocycles. The summed E-state index contributed by atoms with van der Waals surface area (Å²) in [5.41, 5.74) is 7.50. The van der Waals surface area contributed by atoms with Crippen molar-refractivity contribution in [3.8, 4) is 5.75 Å². The topological polar surface area (TPSA) is 64.3 Å². The average molecular weight is 270 g/mol. The van der Waals surface area contributed by atoms with Crippen LogP contribution in [0.15, 0.2) is 48.5 Å². The highest BCUT2D eigenvalue weighted by molar-refractivity contribution is 6.05. The molecule has 0 unspecified atom stereocenters. The first kappa shape index (κ1) is 13.9. The van der Waals surface area contributed by atoms with Gasteiger partial charge in [-0.1, -0.05) is 25.1 Å². The van der Waals surface area contributed by atoms with Crippen molar-refractivity contribution in [2.24, 2.45) is 0 Å². The first-order valence-corrected chi connectivity index (χ1v) is 6.59. The summed E-state index contributed by atoms with van der Waals surface area (Å²) in [7, 11) is 0. The van der Waals surface area contributed by atoms with E-state index in [-0.39, 0.29) is 5.91 Å². The van der Waals surface area contributed by atoms with Crippen molar-refractivity contribution < 1.29 is 9.53 Å². The van der Waals surface area contributed by atoms with Gasteiger partial charge in [-0.2, -0.15) is 0 Å². The van der Waals surface area contributed by atoms with Crippen LogP contribution in [-0.2, 0) is 0 Å². The maximum Gasteiger partial charge on any atom is 0.255 e. The lowest BCUT2D eigenvalue weighted by atomic mass is 10.2. The molecular weight excluding hydrogens is 252 g/mol. The SMILES string of the molecule is CCCOc1cccc(C(=O)Nc2ccccc2N)c1. The van der Waals surface area contributed by atoms with E-state index in [1.807, 2.05) is 25.1 Å². The van der Waals surface area contributed by atoms with Gasteiger partial charge in [-0.15, -0.1) is 0 Å². The fourth-order valence-electron chi connectivity index (χ4n) is 1.75. The van der Waals surface area contributed by atoms with E-state index >= 15 is 0 Å². The van der Waals surface area contributed by atoms with E-state index < -0.39 is 0 Å². The molecule has 0 aliphatic carbocycles. The normalized spacial score (nSPS) is 10.1. The van der Waals surface area contributed by atoms with Crippen LogP contribution in [-0.4, -0.2) is 12.5 Å². The molecule has 20 heavy (non-hydrogen) atoms. The molecular formula is C16H18N2O2. The van der Waals surface area contributed by atoms with Crippen LogP contribution in [0.3, 0.4) is 0 Å². The third-order valence-electron chi connectivity index (χ3n) is 2.78. The molecule has 2 aromatic rings. The van der Waals surface area contributed by atoms with Gasteiger partial charge in [-0.05, 0) is 36.8 Å². The van der Waals surface area contributed by atoms with Gasteiger partial charge in [0.15, 0.2) is 0 Å². The van der Waals surface area contributed by atoms with Crippen LogP contribution < -0.4 is 15.8 Å². The molecule has 0 fully saturated rings. The number of nitrogens with two attached hydrogens (primary N) is 1. The number of benzene rings is 2. The summed E-state index contributed by atoms with van der Waals surface area (Å²) in [5, 5.41) is 2.79. The summed E-state index contributed by atoms with van der Waals surface area (Å²) in [5.74, 6) is 0.491. The molecule has 0 bridgehead atoms.